The molecule has 0 saturated heterocycles. The van der Waals surface area contributed by atoms with E-state index >= 15 is 0 Å². The van der Waals surface area contributed by atoms with Gasteiger partial charge in [0.15, 0.2) is 6.10 Å². The third-order valence-corrected chi connectivity index (χ3v) is 14.2. The highest BCUT2D eigenvalue weighted by Crippen LogP contribution is 2.38. The average molecular weight is 1050 g/mol. The molecule has 2 unspecified atom stereocenters. The first-order valence-corrected chi connectivity index (χ1v) is 32.0. The third kappa shape index (κ3) is 58.8. The fourth-order valence-corrected chi connectivity index (χ4v) is 9.31. The van der Waals surface area contributed by atoms with Crippen molar-refractivity contribution in [1.29, 1.82) is 0 Å². The molecule has 0 rings (SSSR count). The zero-order chi connectivity index (χ0) is 53.5. The van der Waals surface area contributed by atoms with Gasteiger partial charge in [-0.25, -0.2) is 0 Å². The van der Waals surface area contributed by atoms with Crippen LogP contribution in [0.4, 0.5) is 0 Å². The molecule has 0 fully saturated rings. The minimum Gasteiger partial charge on any atom is -0.756 e. The molecule has 0 aromatic heterocycles. The van der Waals surface area contributed by atoms with Gasteiger partial charge in [0.05, 0.1) is 27.7 Å². The molecular formula is C63H116NO8P. The van der Waals surface area contributed by atoms with Gasteiger partial charge in [-0.15, -0.1) is 0 Å². The molecule has 0 aromatic rings. The van der Waals surface area contributed by atoms with Gasteiger partial charge in [-0.05, 0) is 77.0 Å². The maximum Gasteiger partial charge on any atom is 0.306 e. The number of phosphoric acid groups is 1. The van der Waals surface area contributed by atoms with Crippen LogP contribution in [0.2, 0.25) is 0 Å². The van der Waals surface area contributed by atoms with Crippen LogP contribution < -0.4 is 4.89 Å². The van der Waals surface area contributed by atoms with Crippen LogP contribution in [0, 0.1) is 0 Å². The lowest BCUT2D eigenvalue weighted by molar-refractivity contribution is -0.870. The lowest BCUT2D eigenvalue weighted by Crippen LogP contribution is -2.37. The number of hydrogen-bond acceptors (Lipinski definition) is 8. The van der Waals surface area contributed by atoms with E-state index in [0.29, 0.717) is 17.4 Å². The van der Waals surface area contributed by atoms with E-state index in [1.165, 1.54) is 161 Å². The topological polar surface area (TPSA) is 111 Å². The standard InChI is InChI=1S/C63H116NO8P/c1-6-8-10-12-14-16-18-20-22-24-25-26-27-28-29-30-31-32-33-34-35-36-37-38-39-40-42-44-46-48-50-52-54-56-63(66)72-61(60-71-73(67,68)70-58-57-64(3,4)5)59-69-62(65)55-53-51-49-47-45-43-41-23-21-19-17-15-13-11-9-7-2/h8,10,14,16,20,22-23,25-26,41,61H,6-7,9,11-13,15,17-19,21,24,27-40,42-60H2,1-5H3/b10-8-,16-14-,22-20-,26-25-,41-23-. The Kier molecular flexibility index (Phi) is 52.8. The Hall–Kier alpha value is -2.29. The van der Waals surface area contributed by atoms with E-state index in [2.05, 4.69) is 74.6 Å². The average Bonchev–Trinajstić information content (AvgIpc) is 3.35. The molecule has 0 saturated carbocycles. The van der Waals surface area contributed by atoms with Crippen LogP contribution in [0.1, 0.15) is 277 Å². The van der Waals surface area contributed by atoms with Crippen molar-refractivity contribution in [2.75, 3.05) is 47.5 Å². The summed E-state index contributed by atoms with van der Waals surface area (Å²) in [5.41, 5.74) is 0. The number of ether oxygens (including phenoxy) is 2. The maximum absolute atomic E-state index is 12.8. The molecule has 0 radical (unpaired) electrons. The molecule has 10 heteroatoms. The molecule has 0 amide bonds. The molecule has 0 aromatic carbocycles. The summed E-state index contributed by atoms with van der Waals surface area (Å²) < 4.78 is 34.2. The van der Waals surface area contributed by atoms with Gasteiger partial charge in [0.2, 0.25) is 0 Å². The first-order chi connectivity index (χ1) is 35.5. The van der Waals surface area contributed by atoms with Crippen molar-refractivity contribution in [3.05, 3.63) is 60.8 Å². The van der Waals surface area contributed by atoms with Gasteiger partial charge < -0.3 is 27.9 Å². The van der Waals surface area contributed by atoms with Crippen LogP contribution in [-0.2, 0) is 32.7 Å². The van der Waals surface area contributed by atoms with Crippen LogP contribution in [0.3, 0.4) is 0 Å². The predicted octanol–water partition coefficient (Wildman–Crippen LogP) is 18.5. The number of unbranched alkanes of at least 4 members (excludes halogenated alkanes) is 32. The van der Waals surface area contributed by atoms with Gasteiger partial charge in [-0.1, -0.05) is 248 Å². The van der Waals surface area contributed by atoms with Gasteiger partial charge >= 0.3 is 11.9 Å². The molecule has 0 aliphatic carbocycles. The normalized spacial score (nSPS) is 13.7. The van der Waals surface area contributed by atoms with Crippen molar-refractivity contribution in [3.63, 3.8) is 0 Å². The number of quaternary nitrogens is 1. The second kappa shape index (κ2) is 54.5. The number of nitrogens with zero attached hydrogens (tertiary/aromatic N) is 1. The minimum atomic E-state index is -4.64. The molecule has 0 aliphatic rings. The molecule has 426 valence electrons. The molecule has 0 N–H and O–H groups in total. The highest BCUT2D eigenvalue weighted by atomic mass is 31.2. The SMILES string of the molecule is CC/C=C\C/C=C\C/C=C\C/C=C\CCCCCCCCCCCCCCCCCCCCCCC(=O)OC(COC(=O)CCCCCCC/C=C\CCCCCCCCC)COP(=O)([O-])OCC[N+](C)(C)C. The Morgan fingerprint density at radius 1 is 0.438 bits per heavy atom. The van der Waals surface area contributed by atoms with Crippen LogP contribution in [0.5, 0.6) is 0 Å². The van der Waals surface area contributed by atoms with Gasteiger partial charge in [0.1, 0.15) is 19.8 Å². The zero-order valence-corrected chi connectivity index (χ0v) is 49.2. The highest BCUT2D eigenvalue weighted by molar-refractivity contribution is 7.45. The van der Waals surface area contributed by atoms with E-state index in [4.69, 9.17) is 18.5 Å². The molecule has 0 spiro atoms. The summed E-state index contributed by atoms with van der Waals surface area (Å²) in [5.74, 6) is -0.833. The van der Waals surface area contributed by atoms with E-state index in [0.717, 1.165) is 83.5 Å². The van der Waals surface area contributed by atoms with E-state index in [-0.39, 0.29) is 32.0 Å². The van der Waals surface area contributed by atoms with Crippen LogP contribution in [0.25, 0.3) is 0 Å². The smallest absolute Gasteiger partial charge is 0.306 e. The summed E-state index contributed by atoms with van der Waals surface area (Å²) in [5, 5.41) is 0. The van der Waals surface area contributed by atoms with Crippen LogP contribution >= 0.6 is 7.82 Å². The number of phosphoric ester groups is 1. The Morgan fingerprint density at radius 3 is 1.18 bits per heavy atom. The number of likely N-dealkylation sites (N-methyl/N-ethyl adjacent to an activating group) is 1. The number of carbonyl (C=O) groups excluding carboxylic acids is 2. The van der Waals surface area contributed by atoms with Crippen LogP contribution in [0.15, 0.2) is 60.8 Å². The number of rotatable bonds is 56. The molecule has 9 nitrogen and oxygen atoms in total. The lowest BCUT2D eigenvalue weighted by atomic mass is 10.0. The molecule has 0 aliphatic heterocycles. The number of esters is 2. The Morgan fingerprint density at radius 2 is 0.781 bits per heavy atom. The van der Waals surface area contributed by atoms with Crippen molar-refractivity contribution < 1.29 is 42.1 Å². The van der Waals surface area contributed by atoms with Crippen molar-refractivity contribution in [1.82, 2.24) is 0 Å². The van der Waals surface area contributed by atoms with Crippen molar-refractivity contribution in [2.24, 2.45) is 0 Å². The second-order valence-corrected chi connectivity index (χ2v) is 23.1. The van der Waals surface area contributed by atoms with Crippen molar-refractivity contribution >= 4 is 19.8 Å². The highest BCUT2D eigenvalue weighted by Gasteiger charge is 2.22. The first kappa shape index (κ1) is 70.7. The minimum absolute atomic E-state index is 0.0315. The van der Waals surface area contributed by atoms with Crippen LogP contribution in [-0.4, -0.2) is 70.0 Å². The lowest BCUT2D eigenvalue weighted by Gasteiger charge is -2.28. The number of carbonyl (C=O) groups is 2. The third-order valence-electron chi connectivity index (χ3n) is 13.3. The number of hydrogen-bond donors (Lipinski definition) is 0. The fraction of sp³-hybridized carbons (Fsp3) is 0.810. The molecule has 0 heterocycles. The summed E-state index contributed by atoms with van der Waals surface area (Å²) in [6.45, 7) is 4.14. The maximum atomic E-state index is 12.8. The van der Waals surface area contributed by atoms with Gasteiger partial charge in [0.25, 0.3) is 7.82 Å². The summed E-state index contributed by atoms with van der Waals surface area (Å²) in [4.78, 5) is 37.9. The largest absolute Gasteiger partial charge is 0.756 e. The zero-order valence-electron chi connectivity index (χ0n) is 48.3. The van der Waals surface area contributed by atoms with Gasteiger partial charge in [-0.3, -0.25) is 14.2 Å². The summed E-state index contributed by atoms with van der Waals surface area (Å²) in [7, 11) is 1.17. The van der Waals surface area contributed by atoms with E-state index in [1.807, 2.05) is 21.1 Å². The Balaban J connectivity index is 4.02. The predicted molar refractivity (Wildman–Crippen MR) is 310 cm³/mol. The Bertz CT molecular complexity index is 1420. The van der Waals surface area contributed by atoms with Crippen molar-refractivity contribution in [2.45, 2.75) is 283 Å². The molecule has 0 bridgehead atoms. The first-order valence-electron chi connectivity index (χ1n) is 30.5. The van der Waals surface area contributed by atoms with E-state index in [9.17, 15) is 19.0 Å². The quantitative estimate of drug-likeness (QED) is 0.0195. The van der Waals surface area contributed by atoms with Crippen molar-refractivity contribution in [3.8, 4) is 0 Å². The Labute approximate surface area is 451 Å². The van der Waals surface area contributed by atoms with Gasteiger partial charge in [0, 0.05) is 12.8 Å². The monoisotopic (exact) mass is 1050 g/mol. The number of allylic oxidation sites excluding steroid dienone is 10. The molecule has 2 atom stereocenters. The summed E-state index contributed by atoms with van der Waals surface area (Å²) >= 11 is 0. The van der Waals surface area contributed by atoms with E-state index in [1.54, 1.807) is 0 Å². The van der Waals surface area contributed by atoms with E-state index < -0.39 is 26.5 Å². The summed E-state index contributed by atoms with van der Waals surface area (Å²) in [6, 6.07) is 0. The second-order valence-electron chi connectivity index (χ2n) is 21.7. The summed E-state index contributed by atoms with van der Waals surface area (Å²) in [6.07, 6.45) is 70.0. The van der Waals surface area contributed by atoms with Gasteiger partial charge in [-0.2, -0.15) is 0 Å². The fourth-order valence-electron chi connectivity index (χ4n) is 8.59. The molecule has 73 heavy (non-hydrogen) atoms. The molecular weight excluding hydrogens is 930 g/mol.